The standard InChI is InChI=1S/C47H84NO12P/c1-5-7-17-23-38(49)29-30-41-40(42(50)33-43(41)51)24-19-15-16-21-27-46(52)56-34-39(35-58-61(54,55)57-32-31-48)59-47(53)28-22-14-12-10-9-11-13-20-26-45-37(4)36(3)44(60-45)25-18-8-6-2/h29-30,38-43,49-51H,5-28,31-35,48H2,1-4H3,(H,54,55)/b30-29+/t38-,39+,40+,41+,42-,43+/m0/s1. The molecule has 0 amide bonds. The van der Waals surface area contributed by atoms with Gasteiger partial charge in [0.1, 0.15) is 18.1 Å². The summed E-state index contributed by atoms with van der Waals surface area (Å²) in [6.07, 6.45) is 22.7. The topological polar surface area (TPSA) is 208 Å². The van der Waals surface area contributed by atoms with E-state index in [1.165, 1.54) is 30.4 Å². The van der Waals surface area contributed by atoms with Crippen LogP contribution in [-0.2, 0) is 45.5 Å². The fraction of sp³-hybridized carbons (Fsp3) is 0.830. The van der Waals surface area contributed by atoms with E-state index >= 15 is 0 Å². The number of rotatable bonds is 37. The molecule has 0 aliphatic heterocycles. The SMILES string of the molecule is CCCCCc1oc(CCCCCCCCCCC(=O)O[C@H](COC(=O)CCCCCC[C@@H]2[C@@H](/C=C/[C@@H](O)CCCCC)[C@H](O)C[C@@H]2O)COP(=O)(O)OCCN)c(C)c1C. The Morgan fingerprint density at radius 1 is 0.770 bits per heavy atom. The van der Waals surface area contributed by atoms with E-state index in [2.05, 4.69) is 27.7 Å². The lowest BCUT2D eigenvalue weighted by atomic mass is 9.88. The molecule has 1 aromatic heterocycles. The third-order valence-corrected chi connectivity index (χ3v) is 12.9. The van der Waals surface area contributed by atoms with Crippen LogP contribution in [0.25, 0.3) is 0 Å². The maximum atomic E-state index is 12.7. The number of carbonyl (C=O) groups is 2. The molecule has 0 bridgehead atoms. The molecule has 1 fully saturated rings. The molecule has 6 N–H and O–H groups in total. The number of aryl methyl sites for hydroxylation is 2. The number of unbranched alkanes of at least 4 members (excludes halogenated alkanes) is 14. The largest absolute Gasteiger partial charge is 0.472 e. The molecule has 61 heavy (non-hydrogen) atoms. The van der Waals surface area contributed by atoms with Gasteiger partial charge in [0, 0.05) is 44.6 Å². The fourth-order valence-corrected chi connectivity index (χ4v) is 8.85. The molecular weight excluding hydrogens is 801 g/mol. The van der Waals surface area contributed by atoms with Crippen molar-refractivity contribution in [1.82, 2.24) is 0 Å². The van der Waals surface area contributed by atoms with Crippen molar-refractivity contribution in [3.8, 4) is 0 Å². The number of aliphatic hydroxyl groups is 3. The van der Waals surface area contributed by atoms with Crippen LogP contribution in [0.1, 0.15) is 184 Å². The summed E-state index contributed by atoms with van der Waals surface area (Å²) in [7, 11) is -4.45. The van der Waals surface area contributed by atoms with Crippen LogP contribution >= 0.6 is 7.82 Å². The second kappa shape index (κ2) is 32.5. The first-order valence-electron chi connectivity index (χ1n) is 23.8. The molecule has 354 valence electrons. The van der Waals surface area contributed by atoms with Gasteiger partial charge in [0.05, 0.1) is 31.5 Å². The minimum atomic E-state index is -4.45. The van der Waals surface area contributed by atoms with E-state index < -0.39 is 50.8 Å². The fourth-order valence-electron chi connectivity index (χ4n) is 8.09. The molecule has 1 heterocycles. The van der Waals surface area contributed by atoms with Gasteiger partial charge in [0.15, 0.2) is 6.10 Å². The van der Waals surface area contributed by atoms with Crippen molar-refractivity contribution in [2.45, 2.75) is 213 Å². The number of furan rings is 1. The van der Waals surface area contributed by atoms with Crippen molar-refractivity contribution in [2.75, 3.05) is 26.4 Å². The van der Waals surface area contributed by atoms with Crippen LogP contribution in [0.15, 0.2) is 16.6 Å². The Labute approximate surface area is 367 Å². The highest BCUT2D eigenvalue weighted by Gasteiger charge is 2.39. The van der Waals surface area contributed by atoms with Crippen LogP contribution in [0.2, 0.25) is 0 Å². The Balaban J connectivity index is 1.66. The van der Waals surface area contributed by atoms with Gasteiger partial charge in [-0.2, -0.15) is 0 Å². The Morgan fingerprint density at radius 2 is 1.33 bits per heavy atom. The summed E-state index contributed by atoms with van der Waals surface area (Å²) in [6.45, 7) is 7.69. The zero-order chi connectivity index (χ0) is 44.9. The highest BCUT2D eigenvalue weighted by molar-refractivity contribution is 7.47. The van der Waals surface area contributed by atoms with Crippen molar-refractivity contribution in [3.05, 3.63) is 34.8 Å². The number of nitrogens with two attached hydrogens (primary N) is 1. The highest BCUT2D eigenvalue weighted by atomic mass is 31.2. The maximum absolute atomic E-state index is 12.7. The minimum absolute atomic E-state index is 0.0168. The van der Waals surface area contributed by atoms with Crippen molar-refractivity contribution < 1.29 is 57.3 Å². The van der Waals surface area contributed by atoms with Gasteiger partial charge in [-0.15, -0.1) is 0 Å². The van der Waals surface area contributed by atoms with E-state index in [0.29, 0.717) is 25.7 Å². The molecule has 13 nitrogen and oxygen atoms in total. The molecule has 14 heteroatoms. The number of hydrogen-bond donors (Lipinski definition) is 5. The number of esters is 2. The quantitative estimate of drug-likeness (QED) is 0.0183. The van der Waals surface area contributed by atoms with Gasteiger partial charge >= 0.3 is 19.8 Å². The normalized spacial score (nSPS) is 20.0. The molecule has 0 saturated heterocycles. The van der Waals surface area contributed by atoms with Crippen LogP contribution in [0.4, 0.5) is 0 Å². The first-order valence-corrected chi connectivity index (χ1v) is 25.3. The van der Waals surface area contributed by atoms with Crippen LogP contribution in [0, 0.1) is 25.7 Å². The third-order valence-electron chi connectivity index (χ3n) is 12.0. The number of phosphoric ester groups is 1. The Kier molecular flexibility index (Phi) is 29.4. The number of phosphoric acid groups is 1. The van der Waals surface area contributed by atoms with Gasteiger partial charge in [-0.25, -0.2) is 4.57 Å². The van der Waals surface area contributed by atoms with E-state index in [-0.39, 0.29) is 44.4 Å². The molecule has 1 aromatic rings. The van der Waals surface area contributed by atoms with Crippen molar-refractivity contribution in [3.63, 3.8) is 0 Å². The molecule has 1 aliphatic carbocycles. The van der Waals surface area contributed by atoms with E-state index in [4.69, 9.17) is 28.7 Å². The van der Waals surface area contributed by atoms with Gasteiger partial charge in [-0.3, -0.25) is 18.6 Å². The van der Waals surface area contributed by atoms with E-state index in [1.54, 1.807) is 6.08 Å². The lowest BCUT2D eigenvalue weighted by Crippen LogP contribution is -2.29. The van der Waals surface area contributed by atoms with Crippen LogP contribution in [-0.4, -0.2) is 82.9 Å². The molecule has 7 atom stereocenters. The molecule has 0 spiro atoms. The summed E-state index contributed by atoms with van der Waals surface area (Å²) in [4.78, 5) is 35.3. The minimum Gasteiger partial charge on any atom is -0.466 e. The van der Waals surface area contributed by atoms with Gasteiger partial charge in [-0.1, -0.05) is 116 Å². The Morgan fingerprint density at radius 3 is 1.95 bits per heavy atom. The molecule has 1 unspecified atom stereocenters. The highest BCUT2D eigenvalue weighted by Crippen LogP contribution is 2.43. The summed E-state index contributed by atoms with van der Waals surface area (Å²) in [5.74, 6) is 1.03. The zero-order valence-corrected chi connectivity index (χ0v) is 39.1. The predicted octanol–water partition coefficient (Wildman–Crippen LogP) is 9.43. The third kappa shape index (κ3) is 24.0. The molecule has 2 rings (SSSR count). The smallest absolute Gasteiger partial charge is 0.466 e. The monoisotopic (exact) mass is 886 g/mol. The predicted molar refractivity (Wildman–Crippen MR) is 239 cm³/mol. The van der Waals surface area contributed by atoms with Gasteiger partial charge in [0.25, 0.3) is 0 Å². The van der Waals surface area contributed by atoms with Gasteiger partial charge in [-0.05, 0) is 69.4 Å². The molecule has 1 saturated carbocycles. The Bertz CT molecular complexity index is 1400. The average molecular weight is 886 g/mol. The first-order chi connectivity index (χ1) is 29.3. The van der Waals surface area contributed by atoms with Crippen LogP contribution < -0.4 is 5.73 Å². The number of carbonyl (C=O) groups excluding carboxylic acids is 2. The number of aliphatic hydroxyl groups excluding tert-OH is 3. The second-order valence-corrected chi connectivity index (χ2v) is 18.6. The lowest BCUT2D eigenvalue weighted by Gasteiger charge is -2.21. The second-order valence-electron chi connectivity index (χ2n) is 17.2. The average Bonchev–Trinajstić information content (AvgIpc) is 3.66. The lowest BCUT2D eigenvalue weighted by molar-refractivity contribution is -0.161. The molecule has 0 radical (unpaired) electrons. The van der Waals surface area contributed by atoms with Crippen molar-refractivity contribution in [2.24, 2.45) is 17.6 Å². The first kappa shape index (κ1) is 55.0. The summed E-state index contributed by atoms with van der Waals surface area (Å²) >= 11 is 0. The van der Waals surface area contributed by atoms with Crippen molar-refractivity contribution >= 4 is 19.8 Å². The maximum Gasteiger partial charge on any atom is 0.472 e. The summed E-state index contributed by atoms with van der Waals surface area (Å²) < 4.78 is 39.1. The van der Waals surface area contributed by atoms with Crippen LogP contribution in [0.5, 0.6) is 0 Å². The zero-order valence-electron chi connectivity index (χ0n) is 38.2. The summed E-state index contributed by atoms with van der Waals surface area (Å²) in [6, 6.07) is 0. The van der Waals surface area contributed by atoms with Crippen molar-refractivity contribution in [1.29, 1.82) is 0 Å². The molecule has 0 aromatic carbocycles. The Hall–Kier alpha value is -2.09. The number of hydrogen-bond acceptors (Lipinski definition) is 12. The van der Waals surface area contributed by atoms with E-state index in [0.717, 1.165) is 114 Å². The van der Waals surface area contributed by atoms with Gasteiger partial charge < -0.3 is 39.8 Å². The summed E-state index contributed by atoms with van der Waals surface area (Å²) in [5, 5.41) is 31.4. The van der Waals surface area contributed by atoms with Crippen LogP contribution in [0.3, 0.4) is 0 Å². The molecular formula is C47H84NO12P. The molecule has 1 aliphatic rings. The van der Waals surface area contributed by atoms with E-state index in [9.17, 15) is 34.4 Å². The summed E-state index contributed by atoms with van der Waals surface area (Å²) in [5.41, 5.74) is 7.99. The van der Waals surface area contributed by atoms with E-state index in [1.807, 2.05) is 6.08 Å². The number of ether oxygens (including phenoxy) is 2. The van der Waals surface area contributed by atoms with Gasteiger partial charge in [0.2, 0.25) is 0 Å².